The standard InChI is InChI=1S/C16H26N2O/c1-13(2)19-16-7-5-14(6-8-16)10-18-12-15-4-3-9-17-11-15/h5-8,13,15,17-18H,3-4,9-12H2,1-2H3. The summed E-state index contributed by atoms with van der Waals surface area (Å²) in [5.74, 6) is 1.74. The van der Waals surface area contributed by atoms with E-state index in [0.717, 1.165) is 31.3 Å². The molecule has 1 aromatic rings. The Labute approximate surface area is 116 Å². The Morgan fingerprint density at radius 1 is 1.32 bits per heavy atom. The van der Waals surface area contributed by atoms with Gasteiger partial charge in [-0.2, -0.15) is 0 Å². The van der Waals surface area contributed by atoms with Gasteiger partial charge in [0.05, 0.1) is 6.10 Å². The highest BCUT2D eigenvalue weighted by atomic mass is 16.5. The van der Waals surface area contributed by atoms with Gasteiger partial charge < -0.3 is 15.4 Å². The molecule has 1 unspecified atom stereocenters. The maximum absolute atomic E-state index is 5.64. The second-order valence-corrected chi connectivity index (χ2v) is 5.65. The fourth-order valence-corrected chi connectivity index (χ4v) is 2.48. The third-order valence-corrected chi connectivity index (χ3v) is 3.46. The van der Waals surface area contributed by atoms with E-state index in [4.69, 9.17) is 4.74 Å². The van der Waals surface area contributed by atoms with E-state index in [9.17, 15) is 0 Å². The molecule has 0 radical (unpaired) electrons. The van der Waals surface area contributed by atoms with Crippen LogP contribution in [0.4, 0.5) is 0 Å². The molecule has 3 nitrogen and oxygen atoms in total. The molecule has 1 heterocycles. The van der Waals surface area contributed by atoms with E-state index in [1.54, 1.807) is 0 Å². The topological polar surface area (TPSA) is 33.3 Å². The lowest BCUT2D eigenvalue weighted by molar-refractivity contribution is 0.242. The largest absolute Gasteiger partial charge is 0.491 e. The van der Waals surface area contributed by atoms with Crippen LogP contribution in [0.5, 0.6) is 5.75 Å². The van der Waals surface area contributed by atoms with E-state index in [-0.39, 0.29) is 6.10 Å². The summed E-state index contributed by atoms with van der Waals surface area (Å²) in [6.07, 6.45) is 2.90. The molecule has 106 valence electrons. The van der Waals surface area contributed by atoms with Crippen molar-refractivity contribution in [2.45, 2.75) is 39.3 Å². The first kappa shape index (κ1) is 14.4. The minimum absolute atomic E-state index is 0.239. The van der Waals surface area contributed by atoms with Crippen molar-refractivity contribution in [3.8, 4) is 5.75 Å². The first-order valence-corrected chi connectivity index (χ1v) is 7.41. The average molecular weight is 262 g/mol. The van der Waals surface area contributed by atoms with Crippen LogP contribution in [0, 0.1) is 5.92 Å². The minimum Gasteiger partial charge on any atom is -0.491 e. The van der Waals surface area contributed by atoms with Crippen LogP contribution in [0.1, 0.15) is 32.3 Å². The van der Waals surface area contributed by atoms with Gasteiger partial charge in [0.1, 0.15) is 5.75 Å². The van der Waals surface area contributed by atoms with Crippen LogP contribution in [-0.4, -0.2) is 25.7 Å². The highest BCUT2D eigenvalue weighted by Crippen LogP contribution is 2.14. The highest BCUT2D eigenvalue weighted by molar-refractivity contribution is 5.27. The van der Waals surface area contributed by atoms with Gasteiger partial charge >= 0.3 is 0 Å². The number of hydrogen-bond donors (Lipinski definition) is 2. The van der Waals surface area contributed by atoms with Crippen LogP contribution in [0.2, 0.25) is 0 Å². The van der Waals surface area contributed by atoms with Crippen molar-refractivity contribution in [3.05, 3.63) is 29.8 Å². The molecular weight excluding hydrogens is 236 g/mol. The summed E-state index contributed by atoms with van der Waals surface area (Å²) in [4.78, 5) is 0. The molecule has 1 saturated heterocycles. The fraction of sp³-hybridized carbons (Fsp3) is 0.625. The van der Waals surface area contributed by atoms with Gasteiger partial charge in [-0.25, -0.2) is 0 Å². The lowest BCUT2D eigenvalue weighted by Gasteiger charge is -2.23. The second kappa shape index (κ2) is 7.51. The summed E-state index contributed by atoms with van der Waals surface area (Å²) in [5.41, 5.74) is 1.32. The summed E-state index contributed by atoms with van der Waals surface area (Å²) >= 11 is 0. The number of piperidine rings is 1. The van der Waals surface area contributed by atoms with Crippen LogP contribution in [-0.2, 0) is 6.54 Å². The van der Waals surface area contributed by atoms with Crippen LogP contribution >= 0.6 is 0 Å². The van der Waals surface area contributed by atoms with Crippen molar-refractivity contribution < 1.29 is 4.74 Å². The summed E-state index contributed by atoms with van der Waals surface area (Å²) in [6, 6.07) is 8.39. The van der Waals surface area contributed by atoms with Gasteiger partial charge in [0, 0.05) is 6.54 Å². The summed E-state index contributed by atoms with van der Waals surface area (Å²) in [7, 11) is 0. The molecular formula is C16H26N2O. The molecule has 0 aliphatic carbocycles. The molecule has 19 heavy (non-hydrogen) atoms. The quantitative estimate of drug-likeness (QED) is 0.826. The van der Waals surface area contributed by atoms with Gasteiger partial charge in [0.25, 0.3) is 0 Å². The Morgan fingerprint density at radius 2 is 2.11 bits per heavy atom. The van der Waals surface area contributed by atoms with E-state index < -0.39 is 0 Å². The highest BCUT2D eigenvalue weighted by Gasteiger charge is 2.11. The summed E-state index contributed by atoms with van der Waals surface area (Å²) in [5, 5.41) is 7.00. The monoisotopic (exact) mass is 262 g/mol. The van der Waals surface area contributed by atoms with Crippen LogP contribution < -0.4 is 15.4 Å². The normalized spacial score (nSPS) is 19.6. The molecule has 1 fully saturated rings. The SMILES string of the molecule is CC(C)Oc1ccc(CNCC2CCCNC2)cc1. The number of hydrogen-bond acceptors (Lipinski definition) is 3. The molecule has 0 amide bonds. The molecule has 0 saturated carbocycles. The maximum atomic E-state index is 5.64. The number of benzene rings is 1. The molecule has 1 aliphatic heterocycles. The number of nitrogens with one attached hydrogen (secondary N) is 2. The van der Waals surface area contributed by atoms with Crippen molar-refractivity contribution in [1.29, 1.82) is 0 Å². The third kappa shape index (κ3) is 5.21. The fourth-order valence-electron chi connectivity index (χ4n) is 2.48. The minimum atomic E-state index is 0.239. The second-order valence-electron chi connectivity index (χ2n) is 5.65. The molecule has 1 aliphatic rings. The van der Waals surface area contributed by atoms with Crippen LogP contribution in [0.15, 0.2) is 24.3 Å². The first-order chi connectivity index (χ1) is 9.24. The van der Waals surface area contributed by atoms with E-state index in [1.807, 2.05) is 13.8 Å². The zero-order valence-corrected chi connectivity index (χ0v) is 12.1. The van der Waals surface area contributed by atoms with Gasteiger partial charge in [-0.1, -0.05) is 12.1 Å². The molecule has 0 bridgehead atoms. The van der Waals surface area contributed by atoms with Crippen LogP contribution in [0.3, 0.4) is 0 Å². The van der Waals surface area contributed by atoms with Gasteiger partial charge in [-0.3, -0.25) is 0 Å². The Kier molecular flexibility index (Phi) is 5.67. The van der Waals surface area contributed by atoms with Crippen molar-refractivity contribution in [2.24, 2.45) is 5.92 Å². The molecule has 1 atom stereocenters. The molecule has 0 spiro atoms. The zero-order chi connectivity index (χ0) is 13.5. The number of ether oxygens (including phenoxy) is 1. The van der Waals surface area contributed by atoms with Crippen molar-refractivity contribution >= 4 is 0 Å². The lowest BCUT2D eigenvalue weighted by Crippen LogP contribution is -2.35. The van der Waals surface area contributed by atoms with Crippen molar-refractivity contribution in [3.63, 3.8) is 0 Å². The Hall–Kier alpha value is -1.06. The Bertz CT molecular complexity index is 356. The zero-order valence-electron chi connectivity index (χ0n) is 12.1. The molecule has 2 N–H and O–H groups in total. The predicted octanol–water partition coefficient (Wildman–Crippen LogP) is 2.56. The van der Waals surface area contributed by atoms with E-state index in [0.29, 0.717) is 0 Å². The van der Waals surface area contributed by atoms with Gasteiger partial charge in [-0.15, -0.1) is 0 Å². The van der Waals surface area contributed by atoms with E-state index >= 15 is 0 Å². The smallest absolute Gasteiger partial charge is 0.119 e. The molecule has 0 aromatic heterocycles. The van der Waals surface area contributed by atoms with Crippen molar-refractivity contribution in [1.82, 2.24) is 10.6 Å². The lowest BCUT2D eigenvalue weighted by atomic mass is 10.00. The van der Waals surface area contributed by atoms with E-state index in [2.05, 4.69) is 34.9 Å². The number of rotatable bonds is 6. The van der Waals surface area contributed by atoms with Gasteiger partial charge in [-0.05, 0) is 69.9 Å². The third-order valence-electron chi connectivity index (χ3n) is 3.46. The summed E-state index contributed by atoms with van der Waals surface area (Å²) in [6.45, 7) is 8.50. The van der Waals surface area contributed by atoms with Gasteiger partial charge in [0.2, 0.25) is 0 Å². The Balaban J connectivity index is 1.70. The Morgan fingerprint density at radius 3 is 2.74 bits per heavy atom. The summed E-state index contributed by atoms with van der Waals surface area (Å²) < 4.78 is 5.64. The molecule has 1 aromatic carbocycles. The average Bonchev–Trinajstić information content (AvgIpc) is 2.41. The van der Waals surface area contributed by atoms with Crippen LogP contribution in [0.25, 0.3) is 0 Å². The van der Waals surface area contributed by atoms with E-state index in [1.165, 1.54) is 24.9 Å². The van der Waals surface area contributed by atoms with Gasteiger partial charge in [0.15, 0.2) is 0 Å². The molecule has 2 rings (SSSR count). The van der Waals surface area contributed by atoms with Crippen molar-refractivity contribution in [2.75, 3.05) is 19.6 Å². The molecule has 3 heteroatoms. The predicted molar refractivity (Wildman–Crippen MR) is 79.5 cm³/mol. The maximum Gasteiger partial charge on any atom is 0.119 e. The first-order valence-electron chi connectivity index (χ1n) is 7.41.